The van der Waals surface area contributed by atoms with Gasteiger partial charge in [0, 0.05) is 25.1 Å². The van der Waals surface area contributed by atoms with Crippen LogP contribution in [0.3, 0.4) is 0 Å². The number of benzene rings is 1. The van der Waals surface area contributed by atoms with E-state index in [0.29, 0.717) is 12.1 Å². The molecule has 0 aliphatic carbocycles. The standard InChI is InChI=1S/C19H27N3O/c1-4-5-6-9-14-22-17-11-8-7-10-16(17)21-18(22)12-13-20-19(23)15(2)3/h7-8,10-11H,2,4-6,9,12-14H2,1,3H3,(H,20,23). The second kappa shape index (κ2) is 8.51. The predicted molar refractivity (Wildman–Crippen MR) is 95.4 cm³/mol. The third-order valence-corrected chi connectivity index (χ3v) is 3.99. The first-order valence-electron chi connectivity index (χ1n) is 8.51. The van der Waals surface area contributed by atoms with Crippen LogP contribution in [0.1, 0.15) is 45.4 Å². The van der Waals surface area contributed by atoms with Crippen molar-refractivity contribution in [1.29, 1.82) is 0 Å². The molecule has 4 nitrogen and oxygen atoms in total. The van der Waals surface area contributed by atoms with Crippen LogP contribution < -0.4 is 5.32 Å². The van der Waals surface area contributed by atoms with Gasteiger partial charge in [0.15, 0.2) is 0 Å². The summed E-state index contributed by atoms with van der Waals surface area (Å²) in [6.45, 7) is 9.18. The Morgan fingerprint density at radius 3 is 2.78 bits per heavy atom. The summed E-state index contributed by atoms with van der Waals surface area (Å²) in [7, 11) is 0. The van der Waals surface area contributed by atoms with Gasteiger partial charge in [0.1, 0.15) is 5.82 Å². The summed E-state index contributed by atoms with van der Waals surface area (Å²) in [5.41, 5.74) is 2.76. The van der Waals surface area contributed by atoms with E-state index in [1.54, 1.807) is 6.92 Å². The van der Waals surface area contributed by atoms with Gasteiger partial charge in [0.05, 0.1) is 11.0 Å². The summed E-state index contributed by atoms with van der Waals surface area (Å²) < 4.78 is 2.30. The second-order valence-electron chi connectivity index (χ2n) is 6.02. The van der Waals surface area contributed by atoms with E-state index >= 15 is 0 Å². The van der Waals surface area contributed by atoms with Crippen LogP contribution in [-0.2, 0) is 17.8 Å². The first-order chi connectivity index (χ1) is 11.1. The van der Waals surface area contributed by atoms with Gasteiger partial charge in [-0.25, -0.2) is 4.98 Å². The summed E-state index contributed by atoms with van der Waals surface area (Å²) in [4.78, 5) is 16.3. The molecule has 1 aromatic heterocycles. The topological polar surface area (TPSA) is 46.9 Å². The third kappa shape index (κ3) is 4.68. The zero-order valence-electron chi connectivity index (χ0n) is 14.3. The molecule has 0 radical (unpaired) electrons. The molecule has 1 amide bonds. The van der Waals surface area contributed by atoms with Gasteiger partial charge in [-0.15, -0.1) is 0 Å². The van der Waals surface area contributed by atoms with Crippen LogP contribution in [0.2, 0.25) is 0 Å². The number of hydrogen-bond acceptors (Lipinski definition) is 2. The summed E-state index contributed by atoms with van der Waals surface area (Å²) >= 11 is 0. The lowest BCUT2D eigenvalue weighted by molar-refractivity contribution is -0.117. The van der Waals surface area contributed by atoms with Crippen molar-refractivity contribution >= 4 is 16.9 Å². The molecule has 0 unspecified atom stereocenters. The van der Waals surface area contributed by atoms with Gasteiger partial charge in [-0.05, 0) is 25.5 Å². The minimum atomic E-state index is -0.0874. The number of carbonyl (C=O) groups excluding carboxylic acids is 1. The number of unbranched alkanes of at least 4 members (excludes halogenated alkanes) is 3. The fraction of sp³-hybridized carbons (Fsp3) is 0.474. The Hall–Kier alpha value is -2.10. The lowest BCUT2D eigenvalue weighted by atomic mass is 10.2. The van der Waals surface area contributed by atoms with Crippen LogP contribution >= 0.6 is 0 Å². The molecule has 1 aromatic carbocycles. The van der Waals surface area contributed by atoms with Crippen LogP contribution in [0.4, 0.5) is 0 Å². The average Bonchev–Trinajstić information content (AvgIpc) is 2.89. The third-order valence-electron chi connectivity index (χ3n) is 3.99. The smallest absolute Gasteiger partial charge is 0.246 e. The number of imidazole rings is 1. The van der Waals surface area contributed by atoms with Gasteiger partial charge in [0.25, 0.3) is 0 Å². The van der Waals surface area contributed by atoms with E-state index in [2.05, 4.69) is 35.5 Å². The maximum atomic E-state index is 11.6. The van der Waals surface area contributed by atoms with Gasteiger partial charge in [-0.3, -0.25) is 4.79 Å². The molecule has 124 valence electrons. The number of fused-ring (bicyclic) bond motifs is 1. The number of nitrogens with one attached hydrogen (secondary N) is 1. The quantitative estimate of drug-likeness (QED) is 0.564. The van der Waals surface area contributed by atoms with E-state index in [1.165, 1.54) is 31.2 Å². The number of aromatic nitrogens is 2. The molecule has 0 fully saturated rings. The number of para-hydroxylation sites is 2. The van der Waals surface area contributed by atoms with Crippen molar-refractivity contribution in [2.45, 2.75) is 52.5 Å². The van der Waals surface area contributed by atoms with Crippen molar-refractivity contribution in [2.75, 3.05) is 6.54 Å². The lowest BCUT2D eigenvalue weighted by Gasteiger charge is -2.10. The van der Waals surface area contributed by atoms with Crippen molar-refractivity contribution in [1.82, 2.24) is 14.9 Å². The summed E-state index contributed by atoms with van der Waals surface area (Å²) in [6, 6.07) is 8.24. The molecular formula is C19H27N3O. The molecule has 2 aromatic rings. The highest BCUT2D eigenvalue weighted by molar-refractivity contribution is 5.92. The van der Waals surface area contributed by atoms with E-state index in [1.807, 2.05) is 12.1 Å². The van der Waals surface area contributed by atoms with Crippen LogP contribution in [0, 0.1) is 0 Å². The molecule has 1 heterocycles. The molecule has 4 heteroatoms. The van der Waals surface area contributed by atoms with Crippen LogP contribution in [0.5, 0.6) is 0 Å². The molecule has 0 aliphatic rings. The summed E-state index contributed by atoms with van der Waals surface area (Å²) in [5.74, 6) is 0.959. The minimum absolute atomic E-state index is 0.0874. The first-order valence-corrected chi connectivity index (χ1v) is 8.51. The molecule has 0 bridgehead atoms. The Bertz CT molecular complexity index is 672. The zero-order valence-corrected chi connectivity index (χ0v) is 14.3. The van der Waals surface area contributed by atoms with Gasteiger partial charge in [-0.2, -0.15) is 0 Å². The Morgan fingerprint density at radius 1 is 1.26 bits per heavy atom. The van der Waals surface area contributed by atoms with Crippen molar-refractivity contribution in [2.24, 2.45) is 0 Å². The largest absolute Gasteiger partial charge is 0.352 e. The van der Waals surface area contributed by atoms with E-state index in [4.69, 9.17) is 4.98 Å². The number of hydrogen-bond donors (Lipinski definition) is 1. The van der Waals surface area contributed by atoms with Gasteiger partial charge >= 0.3 is 0 Å². The van der Waals surface area contributed by atoms with Crippen molar-refractivity contribution < 1.29 is 4.79 Å². The highest BCUT2D eigenvalue weighted by Crippen LogP contribution is 2.17. The highest BCUT2D eigenvalue weighted by atomic mass is 16.1. The molecule has 0 atom stereocenters. The zero-order chi connectivity index (χ0) is 16.7. The maximum absolute atomic E-state index is 11.6. The molecular weight excluding hydrogens is 286 g/mol. The van der Waals surface area contributed by atoms with Gasteiger partial charge in [0.2, 0.25) is 5.91 Å². The molecule has 0 saturated heterocycles. The number of rotatable bonds is 9. The summed E-state index contributed by atoms with van der Waals surface area (Å²) in [6.07, 6.45) is 5.66. The van der Waals surface area contributed by atoms with E-state index in [9.17, 15) is 4.79 Å². The second-order valence-corrected chi connectivity index (χ2v) is 6.02. The Balaban J connectivity index is 2.07. The monoisotopic (exact) mass is 313 g/mol. The Labute approximate surface area is 138 Å². The predicted octanol–water partition coefficient (Wildman–Crippen LogP) is 3.85. The van der Waals surface area contributed by atoms with Crippen molar-refractivity contribution in [3.63, 3.8) is 0 Å². The maximum Gasteiger partial charge on any atom is 0.246 e. The fourth-order valence-electron chi connectivity index (χ4n) is 2.70. The first kappa shape index (κ1) is 17.3. The van der Waals surface area contributed by atoms with Gasteiger partial charge < -0.3 is 9.88 Å². The highest BCUT2D eigenvalue weighted by Gasteiger charge is 2.10. The molecule has 0 spiro atoms. The van der Waals surface area contributed by atoms with Crippen molar-refractivity contribution in [3.05, 3.63) is 42.2 Å². The normalized spacial score (nSPS) is 10.9. The van der Waals surface area contributed by atoms with Crippen LogP contribution in [-0.4, -0.2) is 22.0 Å². The van der Waals surface area contributed by atoms with E-state index in [-0.39, 0.29) is 5.91 Å². The van der Waals surface area contributed by atoms with E-state index < -0.39 is 0 Å². The summed E-state index contributed by atoms with van der Waals surface area (Å²) in [5, 5.41) is 2.89. The number of aryl methyl sites for hydroxylation is 1. The van der Waals surface area contributed by atoms with Crippen LogP contribution in [0.25, 0.3) is 11.0 Å². The molecule has 0 aliphatic heterocycles. The van der Waals surface area contributed by atoms with Crippen LogP contribution in [0.15, 0.2) is 36.4 Å². The Kier molecular flexibility index (Phi) is 6.39. The SMILES string of the molecule is C=C(C)C(=O)NCCc1nc2ccccc2n1CCCCCC. The van der Waals surface area contributed by atoms with Gasteiger partial charge in [-0.1, -0.05) is 44.9 Å². The average molecular weight is 313 g/mol. The molecule has 0 saturated carbocycles. The fourth-order valence-corrected chi connectivity index (χ4v) is 2.70. The number of nitrogens with zero attached hydrogens (tertiary/aromatic N) is 2. The number of amides is 1. The molecule has 23 heavy (non-hydrogen) atoms. The number of carbonyl (C=O) groups is 1. The lowest BCUT2D eigenvalue weighted by Crippen LogP contribution is -2.26. The Morgan fingerprint density at radius 2 is 2.04 bits per heavy atom. The van der Waals surface area contributed by atoms with Crippen molar-refractivity contribution in [3.8, 4) is 0 Å². The van der Waals surface area contributed by atoms with E-state index in [0.717, 1.165) is 24.3 Å². The molecule has 2 rings (SSSR count). The molecule has 1 N–H and O–H groups in total. The minimum Gasteiger partial charge on any atom is -0.352 e.